The summed E-state index contributed by atoms with van der Waals surface area (Å²) < 4.78 is 31.7. The van der Waals surface area contributed by atoms with Gasteiger partial charge in [0.15, 0.2) is 0 Å². The van der Waals surface area contributed by atoms with Crippen LogP contribution in [0.15, 0.2) is 91.0 Å². The predicted octanol–water partition coefficient (Wildman–Crippen LogP) is 3.70. The van der Waals surface area contributed by atoms with Gasteiger partial charge in [0, 0.05) is 19.5 Å². The zero-order valence-corrected chi connectivity index (χ0v) is 23.3. The summed E-state index contributed by atoms with van der Waals surface area (Å²) >= 11 is 0. The number of likely N-dealkylation sites (N-methyl/N-ethyl adjacent to an activating group) is 1. The van der Waals surface area contributed by atoms with Crippen molar-refractivity contribution in [1.82, 2.24) is 10.2 Å². The number of carbonyl (C=O) groups excluding carboxylic acids is 2. The highest BCUT2D eigenvalue weighted by molar-refractivity contribution is 5.89. The van der Waals surface area contributed by atoms with Crippen molar-refractivity contribution >= 4 is 17.8 Å². The van der Waals surface area contributed by atoms with Gasteiger partial charge in [-0.3, -0.25) is 9.59 Å². The molecule has 2 atom stereocenters. The third-order valence-electron chi connectivity index (χ3n) is 6.54. The fourth-order valence-electron chi connectivity index (χ4n) is 4.30. The SMILES string of the molecule is CN(C(=O)[C@@H](N)Cc1ccccc1)[C@@H](CCCN)C(=O)NCC(c1ccccc1)c1ccccc1.O=C(O)C(F)(F)F. The second-order valence-electron chi connectivity index (χ2n) is 9.61. The van der Waals surface area contributed by atoms with E-state index in [0.29, 0.717) is 32.4 Å². The van der Waals surface area contributed by atoms with Crippen LogP contribution in [0.1, 0.15) is 35.4 Å². The average Bonchev–Trinajstić information content (AvgIpc) is 2.98. The molecule has 2 amide bonds. The van der Waals surface area contributed by atoms with Crippen LogP contribution < -0.4 is 16.8 Å². The molecule has 226 valence electrons. The van der Waals surface area contributed by atoms with Crippen LogP contribution in [0.4, 0.5) is 13.2 Å². The summed E-state index contributed by atoms with van der Waals surface area (Å²) in [6, 6.07) is 28.5. The molecule has 0 aromatic heterocycles. The number of hydrogen-bond donors (Lipinski definition) is 4. The number of carboxylic acids is 1. The lowest BCUT2D eigenvalue weighted by molar-refractivity contribution is -0.192. The first kappa shape index (κ1) is 34.0. The smallest absolute Gasteiger partial charge is 0.475 e. The second kappa shape index (κ2) is 16.9. The molecule has 0 bridgehead atoms. The number of halogens is 3. The molecule has 6 N–H and O–H groups in total. The van der Waals surface area contributed by atoms with Crippen molar-refractivity contribution in [3.63, 3.8) is 0 Å². The maximum Gasteiger partial charge on any atom is 0.490 e. The number of rotatable bonds is 12. The Bertz CT molecular complexity index is 1210. The van der Waals surface area contributed by atoms with Gasteiger partial charge in [0.1, 0.15) is 6.04 Å². The summed E-state index contributed by atoms with van der Waals surface area (Å²) in [6.07, 6.45) is -3.56. The Labute approximate surface area is 243 Å². The number of amides is 2. The molecule has 3 aromatic carbocycles. The summed E-state index contributed by atoms with van der Waals surface area (Å²) in [6.45, 7) is 0.864. The second-order valence-corrected chi connectivity index (χ2v) is 9.61. The van der Waals surface area contributed by atoms with E-state index >= 15 is 0 Å². The first-order valence-corrected chi connectivity index (χ1v) is 13.4. The number of aliphatic carboxylic acids is 1. The van der Waals surface area contributed by atoms with Crippen LogP contribution in [-0.2, 0) is 20.8 Å². The topological polar surface area (TPSA) is 139 Å². The number of carbonyl (C=O) groups is 3. The van der Waals surface area contributed by atoms with Crippen molar-refractivity contribution in [1.29, 1.82) is 0 Å². The van der Waals surface area contributed by atoms with Gasteiger partial charge in [-0.15, -0.1) is 0 Å². The Morgan fingerprint density at radius 3 is 1.76 bits per heavy atom. The number of carboxylic acid groups (broad SMARTS) is 1. The van der Waals surface area contributed by atoms with Crippen molar-refractivity contribution in [2.75, 3.05) is 20.1 Å². The summed E-state index contributed by atoms with van der Waals surface area (Å²) in [4.78, 5) is 36.9. The Morgan fingerprint density at radius 2 is 1.33 bits per heavy atom. The lowest BCUT2D eigenvalue weighted by Gasteiger charge is -2.30. The maximum atomic E-state index is 13.4. The van der Waals surface area contributed by atoms with Crippen molar-refractivity contribution in [3.8, 4) is 0 Å². The Balaban J connectivity index is 0.000000782. The molecule has 0 aliphatic rings. The van der Waals surface area contributed by atoms with Crippen LogP contribution >= 0.6 is 0 Å². The highest BCUT2D eigenvalue weighted by Gasteiger charge is 2.38. The number of nitrogens with two attached hydrogens (primary N) is 2. The van der Waals surface area contributed by atoms with Gasteiger partial charge >= 0.3 is 12.1 Å². The van der Waals surface area contributed by atoms with Crippen molar-refractivity contribution < 1.29 is 32.7 Å². The quantitative estimate of drug-likeness (QED) is 0.255. The molecule has 0 radical (unpaired) electrons. The molecule has 11 heteroatoms. The standard InChI is InChI=1S/C29H36N4O2.C2HF3O2/c1-33(29(35)26(31)20-22-12-5-2-6-13-22)27(18-11-19-30)28(34)32-21-25(23-14-7-3-8-15-23)24-16-9-4-10-17-24;3-2(4,5)1(6)7/h2-10,12-17,25-27H,11,18-21,30-31H2,1H3,(H,32,34);(H,6,7)/t26-,27-;/m0./s1. The van der Waals surface area contributed by atoms with E-state index in [1.54, 1.807) is 7.05 Å². The van der Waals surface area contributed by atoms with E-state index < -0.39 is 24.2 Å². The van der Waals surface area contributed by atoms with Crippen molar-refractivity contribution in [2.24, 2.45) is 11.5 Å². The molecule has 0 aliphatic carbocycles. The molecule has 42 heavy (non-hydrogen) atoms. The van der Waals surface area contributed by atoms with Gasteiger partial charge in [0.2, 0.25) is 11.8 Å². The fourth-order valence-corrected chi connectivity index (χ4v) is 4.30. The van der Waals surface area contributed by atoms with Gasteiger partial charge in [0.25, 0.3) is 0 Å². The average molecular weight is 587 g/mol. The summed E-state index contributed by atoms with van der Waals surface area (Å²) in [5.41, 5.74) is 15.2. The van der Waals surface area contributed by atoms with Crippen LogP contribution in [-0.4, -0.2) is 66.2 Å². The third-order valence-corrected chi connectivity index (χ3v) is 6.54. The summed E-state index contributed by atoms with van der Waals surface area (Å²) in [5, 5.41) is 10.2. The molecule has 0 saturated heterocycles. The van der Waals surface area contributed by atoms with Gasteiger partial charge < -0.3 is 26.8 Å². The molecule has 0 unspecified atom stereocenters. The van der Waals surface area contributed by atoms with Crippen molar-refractivity contribution in [3.05, 3.63) is 108 Å². The molecule has 0 saturated carbocycles. The van der Waals surface area contributed by atoms with E-state index in [9.17, 15) is 22.8 Å². The molecule has 0 aliphatic heterocycles. The first-order valence-electron chi connectivity index (χ1n) is 13.4. The van der Waals surface area contributed by atoms with Crippen LogP contribution in [0.2, 0.25) is 0 Å². The minimum Gasteiger partial charge on any atom is -0.475 e. The summed E-state index contributed by atoms with van der Waals surface area (Å²) in [7, 11) is 1.65. The van der Waals surface area contributed by atoms with E-state index in [4.69, 9.17) is 21.4 Å². The number of hydrogen-bond acceptors (Lipinski definition) is 5. The predicted molar refractivity (Wildman–Crippen MR) is 154 cm³/mol. The lowest BCUT2D eigenvalue weighted by Crippen LogP contribution is -2.53. The molecule has 8 nitrogen and oxygen atoms in total. The number of nitrogens with one attached hydrogen (secondary N) is 1. The Morgan fingerprint density at radius 1 is 0.881 bits per heavy atom. The molecule has 3 aromatic rings. The van der Waals surface area contributed by atoms with Gasteiger partial charge in [0.05, 0.1) is 6.04 Å². The van der Waals surface area contributed by atoms with Crippen LogP contribution in [0.25, 0.3) is 0 Å². The maximum absolute atomic E-state index is 13.4. The minimum absolute atomic E-state index is 0.00199. The third kappa shape index (κ3) is 11.0. The van der Waals surface area contributed by atoms with E-state index in [1.807, 2.05) is 66.7 Å². The van der Waals surface area contributed by atoms with E-state index in [-0.39, 0.29) is 17.7 Å². The minimum atomic E-state index is -5.08. The van der Waals surface area contributed by atoms with E-state index in [1.165, 1.54) is 4.90 Å². The van der Waals surface area contributed by atoms with Crippen LogP contribution in [0, 0.1) is 0 Å². The molecular formula is C31H37F3N4O4. The highest BCUT2D eigenvalue weighted by Crippen LogP contribution is 2.24. The monoisotopic (exact) mass is 586 g/mol. The van der Waals surface area contributed by atoms with Gasteiger partial charge in [-0.05, 0) is 42.5 Å². The van der Waals surface area contributed by atoms with Crippen molar-refractivity contribution in [2.45, 2.75) is 43.4 Å². The molecule has 3 rings (SSSR count). The molecular weight excluding hydrogens is 549 g/mol. The molecule has 0 spiro atoms. The van der Waals surface area contributed by atoms with E-state index in [0.717, 1.165) is 16.7 Å². The van der Waals surface area contributed by atoms with Crippen LogP contribution in [0.3, 0.4) is 0 Å². The summed E-state index contributed by atoms with van der Waals surface area (Å²) in [5.74, 6) is -3.21. The number of benzene rings is 3. The number of alkyl halides is 3. The zero-order chi connectivity index (χ0) is 31.1. The van der Waals surface area contributed by atoms with Crippen LogP contribution in [0.5, 0.6) is 0 Å². The van der Waals surface area contributed by atoms with Gasteiger partial charge in [-0.25, -0.2) is 4.79 Å². The molecule has 0 heterocycles. The normalized spacial score (nSPS) is 12.5. The fraction of sp³-hybridized carbons (Fsp3) is 0.323. The molecule has 0 fully saturated rings. The first-order chi connectivity index (χ1) is 20.0. The number of nitrogens with zero attached hydrogens (tertiary/aromatic N) is 1. The highest BCUT2D eigenvalue weighted by atomic mass is 19.4. The van der Waals surface area contributed by atoms with E-state index in [2.05, 4.69) is 29.6 Å². The van der Waals surface area contributed by atoms with Gasteiger partial charge in [-0.2, -0.15) is 13.2 Å². The zero-order valence-electron chi connectivity index (χ0n) is 23.3. The largest absolute Gasteiger partial charge is 0.490 e. The lowest BCUT2D eigenvalue weighted by atomic mass is 9.91. The Hall–Kier alpha value is -4.22. The van der Waals surface area contributed by atoms with Gasteiger partial charge in [-0.1, -0.05) is 91.0 Å². The Kier molecular flexibility index (Phi) is 13.7.